The lowest BCUT2D eigenvalue weighted by Gasteiger charge is -2.21. The summed E-state index contributed by atoms with van der Waals surface area (Å²) in [5.41, 5.74) is 0. The number of hydrogen-bond acceptors (Lipinski definition) is 5. The minimum atomic E-state index is 0.000664. The fourth-order valence-corrected chi connectivity index (χ4v) is 1.48. The lowest BCUT2D eigenvalue weighted by atomic mass is 10.4. The normalized spacial score (nSPS) is 10.4. The van der Waals surface area contributed by atoms with Gasteiger partial charge in [-0.25, -0.2) is 9.97 Å². The molecule has 0 atom stereocenters. The van der Waals surface area contributed by atoms with Crippen molar-refractivity contribution in [1.29, 1.82) is 0 Å². The van der Waals surface area contributed by atoms with Gasteiger partial charge < -0.3 is 15.1 Å². The summed E-state index contributed by atoms with van der Waals surface area (Å²) in [5.74, 6) is 1.19. The van der Waals surface area contributed by atoms with Crippen LogP contribution in [0, 0.1) is 6.92 Å². The van der Waals surface area contributed by atoms with E-state index in [1.165, 1.54) is 0 Å². The van der Waals surface area contributed by atoms with E-state index in [9.17, 15) is 0 Å². The number of aryl methyl sites for hydroxylation is 1. The molecule has 0 aliphatic carbocycles. The van der Waals surface area contributed by atoms with Gasteiger partial charge in [-0.2, -0.15) is 0 Å². The van der Waals surface area contributed by atoms with E-state index in [4.69, 9.17) is 21.8 Å². The Hall–Kier alpha value is -0.910. The molecule has 1 rings (SSSR count). The summed E-state index contributed by atoms with van der Waals surface area (Å²) < 4.78 is 0. The maximum Gasteiger partial charge on any atom is 0.134 e. The van der Waals surface area contributed by atoms with Crippen LogP contribution in [-0.4, -0.2) is 46.5 Å². The Morgan fingerprint density at radius 3 is 2.33 bits per heavy atom. The van der Waals surface area contributed by atoms with Gasteiger partial charge in [-0.15, -0.1) is 0 Å². The molecule has 0 spiro atoms. The van der Waals surface area contributed by atoms with Crippen molar-refractivity contribution < 1.29 is 10.2 Å². The molecule has 0 aromatic carbocycles. The molecular formula is C9H14ClN3O2. The fraction of sp³-hybridized carbons (Fsp3) is 0.556. The summed E-state index contributed by atoms with van der Waals surface area (Å²) >= 11 is 5.79. The number of hydrogen-bond donors (Lipinski definition) is 2. The summed E-state index contributed by atoms with van der Waals surface area (Å²) in [6, 6.07) is 1.61. The molecule has 1 heterocycles. The molecule has 1 aromatic rings. The highest BCUT2D eigenvalue weighted by atomic mass is 35.5. The zero-order valence-electron chi connectivity index (χ0n) is 8.52. The maximum absolute atomic E-state index is 8.86. The second-order valence-electron chi connectivity index (χ2n) is 3.03. The van der Waals surface area contributed by atoms with E-state index in [0.29, 0.717) is 29.9 Å². The molecule has 6 heteroatoms. The second kappa shape index (κ2) is 5.85. The molecule has 15 heavy (non-hydrogen) atoms. The highest BCUT2D eigenvalue weighted by molar-refractivity contribution is 6.29. The first-order chi connectivity index (χ1) is 7.17. The number of aliphatic hydroxyl groups is 2. The highest BCUT2D eigenvalue weighted by Crippen LogP contribution is 2.15. The van der Waals surface area contributed by atoms with Gasteiger partial charge in [0.25, 0.3) is 0 Å². The zero-order chi connectivity index (χ0) is 11.3. The maximum atomic E-state index is 8.86. The molecule has 0 fully saturated rings. The van der Waals surface area contributed by atoms with Crippen LogP contribution in [0.4, 0.5) is 5.82 Å². The van der Waals surface area contributed by atoms with Crippen LogP contribution in [0.5, 0.6) is 0 Å². The molecule has 0 saturated carbocycles. The highest BCUT2D eigenvalue weighted by Gasteiger charge is 2.08. The molecule has 0 radical (unpaired) electrons. The molecular weight excluding hydrogens is 218 g/mol. The van der Waals surface area contributed by atoms with Crippen molar-refractivity contribution in [1.82, 2.24) is 9.97 Å². The van der Waals surface area contributed by atoms with Crippen molar-refractivity contribution >= 4 is 17.4 Å². The number of anilines is 1. The van der Waals surface area contributed by atoms with Crippen LogP contribution in [0.2, 0.25) is 5.15 Å². The van der Waals surface area contributed by atoms with Crippen LogP contribution in [0.15, 0.2) is 6.07 Å². The van der Waals surface area contributed by atoms with Gasteiger partial charge in [0.05, 0.1) is 13.2 Å². The Morgan fingerprint density at radius 1 is 1.27 bits per heavy atom. The van der Waals surface area contributed by atoms with E-state index >= 15 is 0 Å². The molecule has 5 nitrogen and oxygen atoms in total. The van der Waals surface area contributed by atoms with Gasteiger partial charge in [0.2, 0.25) is 0 Å². The van der Waals surface area contributed by atoms with Gasteiger partial charge in [0, 0.05) is 19.2 Å². The largest absolute Gasteiger partial charge is 0.395 e. The lowest BCUT2D eigenvalue weighted by molar-refractivity contribution is 0.280. The van der Waals surface area contributed by atoms with E-state index < -0.39 is 0 Å². The Labute approximate surface area is 93.3 Å². The van der Waals surface area contributed by atoms with Crippen LogP contribution >= 0.6 is 11.6 Å². The minimum Gasteiger partial charge on any atom is -0.395 e. The predicted molar refractivity (Wildman–Crippen MR) is 58.2 cm³/mol. The molecule has 0 bridgehead atoms. The predicted octanol–water partition coefficient (Wildman–Crippen LogP) is 0.229. The van der Waals surface area contributed by atoms with E-state index in [1.54, 1.807) is 17.9 Å². The third-order valence-electron chi connectivity index (χ3n) is 1.86. The number of halogens is 1. The van der Waals surface area contributed by atoms with Crippen LogP contribution in [0.3, 0.4) is 0 Å². The van der Waals surface area contributed by atoms with Gasteiger partial charge in [-0.3, -0.25) is 0 Å². The quantitative estimate of drug-likeness (QED) is 0.710. The van der Waals surface area contributed by atoms with Crippen LogP contribution in [-0.2, 0) is 0 Å². The first-order valence-electron chi connectivity index (χ1n) is 4.65. The summed E-state index contributed by atoms with van der Waals surface area (Å²) in [5, 5.41) is 18.1. The molecule has 0 aliphatic rings. The Balaban J connectivity index is 2.88. The van der Waals surface area contributed by atoms with Gasteiger partial charge in [-0.05, 0) is 6.92 Å². The van der Waals surface area contributed by atoms with Crippen LogP contribution in [0.25, 0.3) is 0 Å². The van der Waals surface area contributed by atoms with Crippen molar-refractivity contribution in [2.75, 3.05) is 31.2 Å². The second-order valence-corrected chi connectivity index (χ2v) is 3.42. The van der Waals surface area contributed by atoms with Gasteiger partial charge >= 0.3 is 0 Å². The summed E-state index contributed by atoms with van der Waals surface area (Å²) in [6.45, 7) is 2.56. The Morgan fingerprint density at radius 2 is 1.87 bits per heavy atom. The fourth-order valence-electron chi connectivity index (χ4n) is 1.26. The van der Waals surface area contributed by atoms with Crippen LogP contribution in [0.1, 0.15) is 5.82 Å². The number of rotatable bonds is 5. The van der Waals surface area contributed by atoms with Crippen molar-refractivity contribution in [2.45, 2.75) is 6.92 Å². The molecule has 1 aromatic heterocycles. The minimum absolute atomic E-state index is 0.000664. The Kier molecular flexibility index (Phi) is 4.74. The van der Waals surface area contributed by atoms with Crippen molar-refractivity contribution in [3.8, 4) is 0 Å². The Bertz CT molecular complexity index is 296. The van der Waals surface area contributed by atoms with Gasteiger partial charge in [-0.1, -0.05) is 11.6 Å². The monoisotopic (exact) mass is 231 g/mol. The lowest BCUT2D eigenvalue weighted by Crippen LogP contribution is -2.30. The molecule has 0 amide bonds. The average molecular weight is 232 g/mol. The summed E-state index contributed by atoms with van der Waals surface area (Å²) in [6.07, 6.45) is 0. The SMILES string of the molecule is Cc1nc(Cl)cc(N(CCO)CCO)n1. The first kappa shape index (κ1) is 12.2. The first-order valence-corrected chi connectivity index (χ1v) is 5.03. The van der Waals surface area contributed by atoms with E-state index in [1.807, 2.05) is 0 Å². The number of aromatic nitrogens is 2. The van der Waals surface area contributed by atoms with Crippen molar-refractivity contribution in [3.05, 3.63) is 17.0 Å². The summed E-state index contributed by atoms with van der Waals surface area (Å²) in [7, 11) is 0. The van der Waals surface area contributed by atoms with Crippen LogP contribution < -0.4 is 4.90 Å². The zero-order valence-corrected chi connectivity index (χ0v) is 9.28. The van der Waals surface area contributed by atoms with Crippen molar-refractivity contribution in [3.63, 3.8) is 0 Å². The summed E-state index contributed by atoms with van der Waals surface area (Å²) in [4.78, 5) is 9.87. The van der Waals surface area contributed by atoms with Crippen molar-refractivity contribution in [2.24, 2.45) is 0 Å². The topological polar surface area (TPSA) is 69.5 Å². The van der Waals surface area contributed by atoms with E-state index in [-0.39, 0.29) is 13.2 Å². The molecule has 2 N–H and O–H groups in total. The number of nitrogens with zero attached hydrogens (tertiary/aromatic N) is 3. The molecule has 0 saturated heterocycles. The van der Waals surface area contributed by atoms with Gasteiger partial charge in [0.1, 0.15) is 16.8 Å². The van der Waals surface area contributed by atoms with Gasteiger partial charge in [0.15, 0.2) is 0 Å². The van der Waals surface area contributed by atoms with E-state index in [2.05, 4.69) is 9.97 Å². The third kappa shape index (κ3) is 3.62. The third-order valence-corrected chi connectivity index (χ3v) is 2.05. The molecule has 84 valence electrons. The molecule has 0 aliphatic heterocycles. The number of aliphatic hydroxyl groups excluding tert-OH is 2. The average Bonchev–Trinajstić information content (AvgIpc) is 2.16. The smallest absolute Gasteiger partial charge is 0.134 e. The standard InChI is InChI=1S/C9H14ClN3O2/c1-7-11-8(10)6-9(12-7)13(2-4-14)3-5-15/h6,14-15H,2-5H2,1H3. The van der Waals surface area contributed by atoms with E-state index in [0.717, 1.165) is 0 Å². The molecule has 0 unspecified atom stereocenters.